The Labute approximate surface area is 105 Å². The van der Waals surface area contributed by atoms with Crippen LogP contribution in [0.5, 0.6) is 0 Å². The third-order valence-corrected chi connectivity index (χ3v) is 3.01. The van der Waals surface area contributed by atoms with Crippen LogP contribution in [0, 0.1) is 12.7 Å². The number of carbonyl (C=O) groups is 1. The lowest BCUT2D eigenvalue weighted by Crippen LogP contribution is -2.43. The number of aryl methyl sites for hydroxylation is 1. The van der Waals surface area contributed by atoms with E-state index in [4.69, 9.17) is 18.0 Å². The molecule has 1 unspecified atom stereocenters. The molecular weight excluding hydrogens is 239 g/mol. The number of hydrogen-bond acceptors (Lipinski definition) is 2. The molecule has 1 aromatic carbocycles. The van der Waals surface area contributed by atoms with Crippen molar-refractivity contribution in [2.24, 2.45) is 5.73 Å². The molecule has 0 aromatic heterocycles. The number of hydrogen-bond donors (Lipinski definition) is 1. The second kappa shape index (κ2) is 5.23. The molecule has 3 nitrogen and oxygen atoms in total. The first kappa shape index (κ1) is 13.6. The predicted octanol–water partition coefficient (Wildman–Crippen LogP) is 1.88. The molecule has 0 saturated heterocycles. The van der Waals surface area contributed by atoms with Crippen LogP contribution >= 0.6 is 12.2 Å². The van der Waals surface area contributed by atoms with Crippen LogP contribution in [0.2, 0.25) is 0 Å². The predicted molar refractivity (Wildman–Crippen MR) is 69.5 cm³/mol. The van der Waals surface area contributed by atoms with E-state index in [0.717, 1.165) is 5.56 Å². The van der Waals surface area contributed by atoms with E-state index in [0.29, 0.717) is 0 Å². The van der Waals surface area contributed by atoms with Crippen molar-refractivity contribution in [1.29, 1.82) is 0 Å². The Bertz CT molecular complexity index is 462. The minimum absolute atomic E-state index is 0.0289. The van der Waals surface area contributed by atoms with Gasteiger partial charge in [0, 0.05) is 7.05 Å². The Balaban J connectivity index is 3.00. The highest BCUT2D eigenvalue weighted by Gasteiger charge is 2.21. The molecule has 0 aliphatic carbocycles. The molecule has 92 valence electrons. The lowest BCUT2D eigenvalue weighted by atomic mass is 10.1. The van der Waals surface area contributed by atoms with Gasteiger partial charge in [-0.3, -0.25) is 4.79 Å². The van der Waals surface area contributed by atoms with Gasteiger partial charge >= 0.3 is 0 Å². The molecule has 0 aliphatic rings. The van der Waals surface area contributed by atoms with E-state index >= 15 is 0 Å². The van der Waals surface area contributed by atoms with Crippen molar-refractivity contribution in [3.05, 3.63) is 35.1 Å². The monoisotopic (exact) mass is 254 g/mol. The van der Waals surface area contributed by atoms with Gasteiger partial charge in [-0.2, -0.15) is 0 Å². The second-order valence-corrected chi connectivity index (χ2v) is 4.45. The van der Waals surface area contributed by atoms with E-state index in [-0.39, 0.29) is 10.6 Å². The fourth-order valence-corrected chi connectivity index (χ4v) is 1.51. The van der Waals surface area contributed by atoms with E-state index in [1.807, 2.05) is 0 Å². The molecule has 1 amide bonds. The molecule has 17 heavy (non-hydrogen) atoms. The molecule has 0 aliphatic heterocycles. The molecule has 5 heteroatoms. The summed E-state index contributed by atoms with van der Waals surface area (Å²) in [5.74, 6) is -0.959. The van der Waals surface area contributed by atoms with Crippen molar-refractivity contribution < 1.29 is 9.18 Å². The van der Waals surface area contributed by atoms with E-state index < -0.39 is 17.8 Å². The summed E-state index contributed by atoms with van der Waals surface area (Å²) in [5, 5.41) is 0. The largest absolute Gasteiger partial charge is 0.392 e. The highest BCUT2D eigenvalue weighted by molar-refractivity contribution is 7.80. The summed E-state index contributed by atoms with van der Waals surface area (Å²) in [5.41, 5.74) is 6.26. The standard InChI is InChI=1S/C12H15FN2OS/c1-7-4-5-9(10(13)6-7)12(16)15(3)8(2)11(14)17/h4-6,8H,1-3H3,(H2,14,17). The number of carbonyl (C=O) groups excluding carboxylic acids is 1. The van der Waals surface area contributed by atoms with Gasteiger partial charge in [-0.15, -0.1) is 0 Å². The molecule has 0 spiro atoms. The van der Waals surface area contributed by atoms with Crippen LogP contribution in [0.4, 0.5) is 4.39 Å². The summed E-state index contributed by atoms with van der Waals surface area (Å²) in [6, 6.07) is 4.08. The Morgan fingerprint density at radius 2 is 2.12 bits per heavy atom. The number of halogens is 1. The average molecular weight is 254 g/mol. The fourth-order valence-electron chi connectivity index (χ4n) is 1.35. The van der Waals surface area contributed by atoms with E-state index in [1.54, 1.807) is 27.0 Å². The van der Waals surface area contributed by atoms with Gasteiger partial charge in [0.15, 0.2) is 0 Å². The third kappa shape index (κ3) is 3.00. The first-order valence-electron chi connectivity index (χ1n) is 5.17. The molecule has 0 heterocycles. The highest BCUT2D eigenvalue weighted by atomic mass is 32.1. The minimum Gasteiger partial charge on any atom is -0.392 e. The molecule has 1 atom stereocenters. The van der Waals surface area contributed by atoms with Crippen molar-refractivity contribution in [3.63, 3.8) is 0 Å². The zero-order valence-corrected chi connectivity index (χ0v) is 10.8. The summed E-state index contributed by atoms with van der Waals surface area (Å²) in [6.45, 7) is 3.46. The summed E-state index contributed by atoms with van der Waals surface area (Å²) in [7, 11) is 1.55. The first-order chi connectivity index (χ1) is 7.84. The van der Waals surface area contributed by atoms with E-state index in [1.165, 1.54) is 17.0 Å². The van der Waals surface area contributed by atoms with Crippen LogP contribution in [-0.4, -0.2) is 28.9 Å². The van der Waals surface area contributed by atoms with Gasteiger partial charge in [0.05, 0.1) is 16.6 Å². The summed E-state index contributed by atoms with van der Waals surface area (Å²) < 4.78 is 13.6. The zero-order chi connectivity index (χ0) is 13.2. The minimum atomic E-state index is -0.531. The number of benzene rings is 1. The number of amides is 1. The molecular formula is C12H15FN2OS. The van der Waals surface area contributed by atoms with Gasteiger partial charge < -0.3 is 10.6 Å². The van der Waals surface area contributed by atoms with Gasteiger partial charge in [-0.1, -0.05) is 18.3 Å². The molecule has 0 radical (unpaired) electrons. The molecule has 0 fully saturated rings. The van der Waals surface area contributed by atoms with Gasteiger partial charge in [-0.25, -0.2) is 4.39 Å². The third-order valence-electron chi connectivity index (χ3n) is 2.67. The van der Waals surface area contributed by atoms with Crippen molar-refractivity contribution in [3.8, 4) is 0 Å². The van der Waals surface area contributed by atoms with Crippen LogP contribution < -0.4 is 5.73 Å². The van der Waals surface area contributed by atoms with Crippen LogP contribution in [0.3, 0.4) is 0 Å². The normalized spacial score (nSPS) is 12.0. The van der Waals surface area contributed by atoms with Gasteiger partial charge in [0.2, 0.25) is 0 Å². The van der Waals surface area contributed by atoms with Gasteiger partial charge in [0.1, 0.15) is 5.82 Å². The average Bonchev–Trinajstić information content (AvgIpc) is 2.26. The maximum absolute atomic E-state index is 13.6. The van der Waals surface area contributed by atoms with Crippen molar-refractivity contribution >= 4 is 23.1 Å². The van der Waals surface area contributed by atoms with Gasteiger partial charge in [-0.05, 0) is 31.5 Å². The number of likely N-dealkylation sites (N-methyl/N-ethyl adjacent to an activating group) is 1. The molecule has 1 rings (SSSR count). The highest BCUT2D eigenvalue weighted by Crippen LogP contribution is 2.13. The topological polar surface area (TPSA) is 46.3 Å². The maximum atomic E-state index is 13.6. The smallest absolute Gasteiger partial charge is 0.257 e. The lowest BCUT2D eigenvalue weighted by molar-refractivity contribution is 0.0774. The van der Waals surface area contributed by atoms with Crippen LogP contribution in [0.15, 0.2) is 18.2 Å². The Morgan fingerprint density at radius 1 is 1.53 bits per heavy atom. The van der Waals surface area contributed by atoms with Crippen molar-refractivity contribution in [1.82, 2.24) is 4.90 Å². The van der Waals surface area contributed by atoms with Crippen molar-refractivity contribution in [2.45, 2.75) is 19.9 Å². The summed E-state index contributed by atoms with van der Waals surface area (Å²) >= 11 is 4.81. The van der Waals surface area contributed by atoms with Crippen molar-refractivity contribution in [2.75, 3.05) is 7.05 Å². The number of rotatable bonds is 3. The first-order valence-corrected chi connectivity index (χ1v) is 5.58. The number of nitrogens with two attached hydrogens (primary N) is 1. The quantitative estimate of drug-likeness (QED) is 0.838. The summed E-state index contributed by atoms with van der Waals surface area (Å²) in [4.78, 5) is 13.5. The van der Waals surface area contributed by atoms with Gasteiger partial charge in [0.25, 0.3) is 5.91 Å². The Morgan fingerprint density at radius 3 is 2.59 bits per heavy atom. The molecule has 0 bridgehead atoms. The fraction of sp³-hybridized carbons (Fsp3) is 0.333. The Kier molecular flexibility index (Phi) is 4.17. The summed E-state index contributed by atoms with van der Waals surface area (Å²) in [6.07, 6.45) is 0. The second-order valence-electron chi connectivity index (χ2n) is 3.98. The molecule has 2 N–H and O–H groups in total. The lowest BCUT2D eigenvalue weighted by Gasteiger charge is -2.24. The van der Waals surface area contributed by atoms with Crippen LogP contribution in [0.1, 0.15) is 22.8 Å². The zero-order valence-electron chi connectivity index (χ0n) is 10.0. The van der Waals surface area contributed by atoms with E-state index in [2.05, 4.69) is 0 Å². The number of nitrogens with zero attached hydrogens (tertiary/aromatic N) is 1. The number of thiocarbonyl (C=S) groups is 1. The van der Waals surface area contributed by atoms with Crippen LogP contribution in [-0.2, 0) is 0 Å². The SMILES string of the molecule is Cc1ccc(C(=O)N(C)C(C)C(N)=S)c(F)c1. The molecule has 0 saturated carbocycles. The molecule has 1 aromatic rings. The van der Waals surface area contributed by atoms with Crippen LogP contribution in [0.25, 0.3) is 0 Å². The maximum Gasteiger partial charge on any atom is 0.257 e. The Hall–Kier alpha value is -1.49. The van der Waals surface area contributed by atoms with E-state index in [9.17, 15) is 9.18 Å².